The highest BCUT2D eigenvalue weighted by atomic mass is 16.6. The molecule has 4 aliphatic carbocycles. The molecule has 1 spiro atoms. The summed E-state index contributed by atoms with van der Waals surface area (Å²) in [5, 5.41) is 0. The minimum absolute atomic E-state index is 0.0760. The van der Waals surface area contributed by atoms with Gasteiger partial charge in [-0.05, 0) is 98.9 Å². The Kier molecular flexibility index (Phi) is 6.92. The zero-order chi connectivity index (χ0) is 28.5. The molecule has 1 amide bonds. The third-order valence-corrected chi connectivity index (χ3v) is 13.0. The van der Waals surface area contributed by atoms with Crippen molar-refractivity contribution in [2.45, 2.75) is 116 Å². The second-order valence-corrected chi connectivity index (χ2v) is 15.2. The number of carbonyl (C=O) groups is 2. The fourth-order valence-corrected chi connectivity index (χ4v) is 10.9. The van der Waals surface area contributed by atoms with E-state index >= 15 is 0 Å². The standard InChI is InChI=1S/C36H49NO4/c1-22-16-32-33(37(20-22)34(39)40-21-25-8-6-5-7-9-25)24(3)36(41-32)15-13-28-29-11-10-26-17-27(38)12-14-35(26,4)31(29)18-30(28)23(2)19-36/h5-9,22,24,26,28-29,31-33H,10-21H2,1-4H3/t22-,24+,26?,28-,29-,31-,32+,33-,35-,36-/m0/s1. The summed E-state index contributed by atoms with van der Waals surface area (Å²) in [5.41, 5.74) is 4.44. The molecule has 2 saturated heterocycles. The summed E-state index contributed by atoms with van der Waals surface area (Å²) < 4.78 is 13.0. The molecule has 222 valence electrons. The fraction of sp³-hybridized carbons (Fsp3) is 0.722. The average Bonchev–Trinajstić information content (AvgIpc) is 3.42. The number of benzene rings is 1. The number of likely N-dealkylation sites (tertiary alicyclic amines) is 1. The van der Waals surface area contributed by atoms with Crippen molar-refractivity contribution in [1.29, 1.82) is 0 Å². The molecule has 5 heteroatoms. The smallest absolute Gasteiger partial charge is 0.410 e. The first-order chi connectivity index (χ1) is 19.7. The number of amides is 1. The molecule has 41 heavy (non-hydrogen) atoms. The molecule has 2 aliphatic heterocycles. The predicted molar refractivity (Wildman–Crippen MR) is 159 cm³/mol. The van der Waals surface area contributed by atoms with Crippen LogP contribution in [0.2, 0.25) is 0 Å². The summed E-state index contributed by atoms with van der Waals surface area (Å²) in [6, 6.07) is 10.1. The summed E-state index contributed by atoms with van der Waals surface area (Å²) >= 11 is 0. The van der Waals surface area contributed by atoms with E-state index in [1.165, 1.54) is 25.7 Å². The molecular formula is C36H49NO4. The highest BCUT2D eigenvalue weighted by molar-refractivity contribution is 5.79. The fourth-order valence-electron chi connectivity index (χ4n) is 10.9. The van der Waals surface area contributed by atoms with Gasteiger partial charge in [0.1, 0.15) is 12.4 Å². The maximum absolute atomic E-state index is 13.5. The SMILES string of the molecule is CC1=C2C[C@H]3[C@@H](CCC4CC(=O)CC[C@@]43C)[C@@H]2CC[C@@]2(C1)O[C@@H]1C[C@H](C)CN(C(=O)OCc3ccccc3)[C@H]1[C@H]2C. The molecule has 0 bridgehead atoms. The molecule has 0 N–H and O–H groups in total. The lowest BCUT2D eigenvalue weighted by molar-refractivity contribution is -0.129. The van der Waals surface area contributed by atoms with Crippen LogP contribution in [0.4, 0.5) is 4.79 Å². The summed E-state index contributed by atoms with van der Waals surface area (Å²) in [6.45, 7) is 10.6. The molecule has 1 aromatic rings. The topological polar surface area (TPSA) is 55.8 Å². The Morgan fingerprint density at radius 2 is 1.90 bits per heavy atom. The molecule has 5 fully saturated rings. The lowest BCUT2D eigenvalue weighted by Gasteiger charge is -2.52. The summed E-state index contributed by atoms with van der Waals surface area (Å²) in [4.78, 5) is 27.8. The van der Waals surface area contributed by atoms with E-state index in [0.717, 1.165) is 62.5 Å². The minimum atomic E-state index is -0.202. The van der Waals surface area contributed by atoms with Crippen LogP contribution >= 0.6 is 0 Å². The zero-order valence-electron chi connectivity index (χ0n) is 25.6. The number of ketones is 1. The van der Waals surface area contributed by atoms with E-state index in [2.05, 4.69) is 27.7 Å². The highest BCUT2D eigenvalue weighted by Gasteiger charge is 2.60. The average molecular weight is 560 g/mol. The number of ether oxygens (including phenoxy) is 2. The Hall–Kier alpha value is -2.14. The number of nitrogens with zero attached hydrogens (tertiary/aromatic N) is 1. The van der Waals surface area contributed by atoms with E-state index in [-0.39, 0.29) is 29.8 Å². The number of allylic oxidation sites excluding steroid dienone is 1. The maximum atomic E-state index is 13.5. The first kappa shape index (κ1) is 27.7. The lowest BCUT2D eigenvalue weighted by Crippen LogP contribution is -2.54. The highest BCUT2D eigenvalue weighted by Crippen LogP contribution is 2.65. The zero-order valence-corrected chi connectivity index (χ0v) is 25.6. The number of hydrogen-bond acceptors (Lipinski definition) is 4. The summed E-state index contributed by atoms with van der Waals surface area (Å²) in [6.07, 6.45) is 10.6. The van der Waals surface area contributed by atoms with Crippen molar-refractivity contribution in [2.75, 3.05) is 6.54 Å². The van der Waals surface area contributed by atoms with Crippen molar-refractivity contribution in [3.05, 3.63) is 47.0 Å². The molecule has 0 aromatic heterocycles. The molecule has 0 radical (unpaired) electrons. The van der Waals surface area contributed by atoms with Crippen LogP contribution in [0.15, 0.2) is 41.5 Å². The molecule has 1 aromatic carbocycles. The molecule has 3 saturated carbocycles. The van der Waals surface area contributed by atoms with Crippen LogP contribution in [0.25, 0.3) is 0 Å². The summed E-state index contributed by atoms with van der Waals surface area (Å²) in [7, 11) is 0. The van der Waals surface area contributed by atoms with E-state index in [1.807, 2.05) is 35.2 Å². The number of fused-ring (bicyclic) bond motifs is 6. The van der Waals surface area contributed by atoms with Gasteiger partial charge in [-0.15, -0.1) is 0 Å². The third-order valence-electron chi connectivity index (χ3n) is 13.0. The van der Waals surface area contributed by atoms with Crippen molar-refractivity contribution in [3.63, 3.8) is 0 Å². The maximum Gasteiger partial charge on any atom is 0.410 e. The van der Waals surface area contributed by atoms with Gasteiger partial charge in [0.25, 0.3) is 0 Å². The second-order valence-electron chi connectivity index (χ2n) is 15.2. The van der Waals surface area contributed by atoms with Gasteiger partial charge in [0.15, 0.2) is 0 Å². The van der Waals surface area contributed by atoms with E-state index in [1.54, 1.807) is 11.1 Å². The Bertz CT molecular complexity index is 1230. The molecule has 5 nitrogen and oxygen atoms in total. The number of hydrogen-bond donors (Lipinski definition) is 0. The van der Waals surface area contributed by atoms with Crippen LogP contribution in [-0.4, -0.2) is 41.1 Å². The molecule has 1 unspecified atom stereocenters. The second kappa shape index (κ2) is 10.2. The van der Waals surface area contributed by atoms with E-state index < -0.39 is 0 Å². The predicted octanol–water partition coefficient (Wildman–Crippen LogP) is 7.73. The molecule has 2 heterocycles. The van der Waals surface area contributed by atoms with Gasteiger partial charge in [0.05, 0.1) is 17.7 Å². The van der Waals surface area contributed by atoms with Crippen LogP contribution in [0.3, 0.4) is 0 Å². The van der Waals surface area contributed by atoms with E-state index in [4.69, 9.17) is 9.47 Å². The molecular weight excluding hydrogens is 510 g/mol. The first-order valence-corrected chi connectivity index (χ1v) is 16.5. The Morgan fingerprint density at radius 3 is 2.71 bits per heavy atom. The van der Waals surface area contributed by atoms with Crippen LogP contribution in [-0.2, 0) is 20.9 Å². The first-order valence-electron chi connectivity index (χ1n) is 16.5. The summed E-state index contributed by atoms with van der Waals surface area (Å²) in [5.74, 6) is 3.91. The largest absolute Gasteiger partial charge is 0.445 e. The van der Waals surface area contributed by atoms with Crippen LogP contribution in [0.1, 0.15) is 97.5 Å². The monoisotopic (exact) mass is 559 g/mol. The van der Waals surface area contributed by atoms with Crippen LogP contribution < -0.4 is 0 Å². The van der Waals surface area contributed by atoms with Crippen molar-refractivity contribution in [1.82, 2.24) is 4.90 Å². The van der Waals surface area contributed by atoms with Gasteiger partial charge in [-0.1, -0.05) is 62.2 Å². The Morgan fingerprint density at radius 1 is 1.10 bits per heavy atom. The third kappa shape index (κ3) is 4.51. The van der Waals surface area contributed by atoms with Crippen molar-refractivity contribution in [2.24, 2.45) is 40.9 Å². The number of Topliss-reactive ketones (excluding diaryl/α,β-unsaturated/α-hetero) is 1. The normalized spacial score (nSPS) is 43.7. The van der Waals surface area contributed by atoms with Crippen molar-refractivity contribution in [3.8, 4) is 0 Å². The molecule has 7 rings (SSSR count). The van der Waals surface area contributed by atoms with Gasteiger partial charge >= 0.3 is 6.09 Å². The number of rotatable bonds is 2. The van der Waals surface area contributed by atoms with Crippen molar-refractivity contribution >= 4 is 11.9 Å². The van der Waals surface area contributed by atoms with Gasteiger partial charge in [0.2, 0.25) is 0 Å². The van der Waals surface area contributed by atoms with E-state index in [9.17, 15) is 9.59 Å². The van der Waals surface area contributed by atoms with Gasteiger partial charge in [-0.3, -0.25) is 4.79 Å². The minimum Gasteiger partial charge on any atom is -0.445 e. The van der Waals surface area contributed by atoms with Crippen molar-refractivity contribution < 1.29 is 19.1 Å². The lowest BCUT2D eigenvalue weighted by atomic mass is 9.52. The number of carbonyl (C=O) groups excluding carboxylic acids is 2. The van der Waals surface area contributed by atoms with Crippen LogP contribution in [0, 0.1) is 40.9 Å². The van der Waals surface area contributed by atoms with E-state index in [0.29, 0.717) is 35.6 Å². The van der Waals surface area contributed by atoms with Crippen LogP contribution in [0.5, 0.6) is 0 Å². The molecule has 10 atom stereocenters. The van der Waals surface area contributed by atoms with Gasteiger partial charge in [0, 0.05) is 25.3 Å². The van der Waals surface area contributed by atoms with Gasteiger partial charge < -0.3 is 14.4 Å². The number of piperidine rings is 1. The quantitative estimate of drug-likeness (QED) is 0.348. The van der Waals surface area contributed by atoms with Gasteiger partial charge in [-0.25, -0.2) is 4.79 Å². The molecule has 6 aliphatic rings. The van der Waals surface area contributed by atoms with Gasteiger partial charge in [-0.2, -0.15) is 0 Å². The Labute approximate surface area is 246 Å². The Balaban J connectivity index is 1.11.